The molecule has 2 rings (SSSR count). The second-order valence-electron chi connectivity index (χ2n) is 3.85. The predicted octanol–water partition coefficient (Wildman–Crippen LogP) is 2.06. The van der Waals surface area contributed by atoms with Crippen LogP contribution in [0.1, 0.15) is 17.7 Å². The smallest absolute Gasteiger partial charge is 0.0931 e. The van der Waals surface area contributed by atoms with Gasteiger partial charge in [0.2, 0.25) is 0 Å². The summed E-state index contributed by atoms with van der Waals surface area (Å²) in [5, 5.41) is 12.8. The first kappa shape index (κ1) is 10.4. The molecule has 1 saturated heterocycles. The Morgan fingerprint density at radius 2 is 2.43 bits per heavy atom. The van der Waals surface area contributed by atoms with E-state index in [4.69, 9.17) is 11.6 Å². The minimum Gasteiger partial charge on any atom is -0.394 e. The van der Waals surface area contributed by atoms with Gasteiger partial charge in [-0.05, 0) is 31.5 Å². The van der Waals surface area contributed by atoms with Gasteiger partial charge in [0.05, 0.1) is 10.9 Å². The van der Waals surface area contributed by atoms with Crippen molar-refractivity contribution in [3.8, 4) is 0 Å². The molecule has 1 unspecified atom stereocenters. The van der Waals surface area contributed by atoms with Gasteiger partial charge >= 0.3 is 0 Å². The third-order valence-corrected chi connectivity index (χ3v) is 4.01. The fraction of sp³-hybridized carbons (Fsp3) is 0.600. The van der Waals surface area contributed by atoms with E-state index >= 15 is 0 Å². The summed E-state index contributed by atoms with van der Waals surface area (Å²) < 4.78 is 0.825. The number of aliphatic hydroxyl groups excluding tert-OH is 1. The molecule has 2 heterocycles. The molecule has 0 spiro atoms. The first-order valence-corrected chi connectivity index (χ1v) is 6.04. The zero-order valence-electron chi connectivity index (χ0n) is 7.92. The lowest BCUT2D eigenvalue weighted by Gasteiger charge is -2.26. The molecule has 0 aliphatic carbocycles. The van der Waals surface area contributed by atoms with Crippen molar-refractivity contribution < 1.29 is 5.11 Å². The molecular formula is C10H14ClNOS. The number of rotatable bonds is 3. The van der Waals surface area contributed by atoms with E-state index in [1.54, 1.807) is 11.3 Å². The zero-order chi connectivity index (χ0) is 10.0. The predicted molar refractivity (Wildman–Crippen MR) is 60.1 cm³/mol. The maximum Gasteiger partial charge on any atom is 0.0931 e. The standard InChI is InChI=1S/C10H14ClNOS/c11-9-3-2-8(14-9)6-10(7-13)4-1-5-12-10/h2-3,12-13H,1,4-7H2. The molecule has 1 atom stereocenters. The van der Waals surface area contributed by atoms with Gasteiger partial charge in [0.15, 0.2) is 0 Å². The second-order valence-corrected chi connectivity index (χ2v) is 5.65. The molecule has 0 radical (unpaired) electrons. The highest BCUT2D eigenvalue weighted by Gasteiger charge is 2.33. The van der Waals surface area contributed by atoms with Crippen LogP contribution < -0.4 is 5.32 Å². The van der Waals surface area contributed by atoms with Crippen LogP contribution in [0.4, 0.5) is 0 Å². The fourth-order valence-corrected chi connectivity index (χ4v) is 3.22. The molecule has 78 valence electrons. The van der Waals surface area contributed by atoms with Crippen molar-refractivity contribution in [3.63, 3.8) is 0 Å². The van der Waals surface area contributed by atoms with Crippen molar-refractivity contribution in [3.05, 3.63) is 21.3 Å². The Labute approximate surface area is 92.9 Å². The van der Waals surface area contributed by atoms with Crippen molar-refractivity contribution in [1.82, 2.24) is 5.32 Å². The Morgan fingerprint density at radius 1 is 1.57 bits per heavy atom. The van der Waals surface area contributed by atoms with Crippen LogP contribution in [0.3, 0.4) is 0 Å². The maximum atomic E-state index is 9.39. The van der Waals surface area contributed by atoms with Crippen LogP contribution in [0.5, 0.6) is 0 Å². The lowest BCUT2D eigenvalue weighted by Crippen LogP contribution is -2.45. The Kier molecular flexibility index (Phi) is 3.12. The van der Waals surface area contributed by atoms with Crippen LogP contribution in [0.15, 0.2) is 12.1 Å². The van der Waals surface area contributed by atoms with Gasteiger partial charge in [-0.3, -0.25) is 0 Å². The molecule has 0 bridgehead atoms. The average Bonchev–Trinajstić information content (AvgIpc) is 2.77. The van der Waals surface area contributed by atoms with Gasteiger partial charge in [-0.25, -0.2) is 0 Å². The third kappa shape index (κ3) is 2.11. The Balaban J connectivity index is 2.08. The van der Waals surface area contributed by atoms with E-state index in [0.717, 1.165) is 30.1 Å². The molecule has 0 aromatic carbocycles. The highest BCUT2D eigenvalue weighted by atomic mass is 35.5. The quantitative estimate of drug-likeness (QED) is 0.835. The first-order valence-electron chi connectivity index (χ1n) is 4.84. The lowest BCUT2D eigenvalue weighted by atomic mass is 9.94. The van der Waals surface area contributed by atoms with Gasteiger partial charge < -0.3 is 10.4 Å². The SMILES string of the molecule is OCC1(Cc2ccc(Cl)s2)CCCN1. The molecule has 4 heteroatoms. The van der Waals surface area contributed by atoms with E-state index < -0.39 is 0 Å². The van der Waals surface area contributed by atoms with Crippen LogP contribution in [0, 0.1) is 0 Å². The Bertz CT molecular complexity index is 307. The van der Waals surface area contributed by atoms with Crippen LogP contribution >= 0.6 is 22.9 Å². The summed E-state index contributed by atoms with van der Waals surface area (Å²) in [5.74, 6) is 0. The number of hydrogen-bond donors (Lipinski definition) is 2. The fourth-order valence-electron chi connectivity index (χ4n) is 1.99. The molecule has 2 N–H and O–H groups in total. The van der Waals surface area contributed by atoms with E-state index in [-0.39, 0.29) is 12.1 Å². The third-order valence-electron chi connectivity index (χ3n) is 2.78. The Hall–Kier alpha value is -0.0900. The van der Waals surface area contributed by atoms with Crippen molar-refractivity contribution in [2.24, 2.45) is 0 Å². The van der Waals surface area contributed by atoms with Crippen LogP contribution in [0.25, 0.3) is 0 Å². The molecule has 14 heavy (non-hydrogen) atoms. The van der Waals surface area contributed by atoms with Gasteiger partial charge in [0, 0.05) is 16.8 Å². The number of thiophene rings is 1. The summed E-state index contributed by atoms with van der Waals surface area (Å²) in [4.78, 5) is 1.25. The average molecular weight is 232 g/mol. The molecule has 1 aromatic heterocycles. The van der Waals surface area contributed by atoms with Crippen molar-refractivity contribution >= 4 is 22.9 Å². The van der Waals surface area contributed by atoms with E-state index in [9.17, 15) is 5.11 Å². The molecule has 1 aromatic rings. The summed E-state index contributed by atoms with van der Waals surface area (Å²) in [6, 6.07) is 3.96. The van der Waals surface area contributed by atoms with Gasteiger partial charge in [0.1, 0.15) is 0 Å². The van der Waals surface area contributed by atoms with Crippen LogP contribution in [-0.4, -0.2) is 23.8 Å². The molecular weight excluding hydrogens is 218 g/mol. The largest absolute Gasteiger partial charge is 0.394 e. The summed E-state index contributed by atoms with van der Waals surface area (Å²) in [6.07, 6.45) is 3.10. The highest BCUT2D eigenvalue weighted by molar-refractivity contribution is 7.16. The second kappa shape index (κ2) is 4.19. The Morgan fingerprint density at radius 3 is 2.93 bits per heavy atom. The van der Waals surface area contributed by atoms with Crippen molar-refractivity contribution in [1.29, 1.82) is 0 Å². The number of halogens is 1. The minimum absolute atomic E-state index is 0.0891. The monoisotopic (exact) mass is 231 g/mol. The van der Waals surface area contributed by atoms with Crippen molar-refractivity contribution in [2.45, 2.75) is 24.8 Å². The number of aliphatic hydroxyl groups is 1. The molecule has 0 saturated carbocycles. The molecule has 0 amide bonds. The molecule has 1 aliphatic heterocycles. The summed E-state index contributed by atoms with van der Waals surface area (Å²) in [5.41, 5.74) is -0.0891. The minimum atomic E-state index is -0.0891. The van der Waals surface area contributed by atoms with E-state index in [2.05, 4.69) is 5.32 Å². The van der Waals surface area contributed by atoms with Gasteiger partial charge in [-0.1, -0.05) is 11.6 Å². The summed E-state index contributed by atoms with van der Waals surface area (Å²) >= 11 is 7.47. The highest BCUT2D eigenvalue weighted by Crippen LogP contribution is 2.29. The summed E-state index contributed by atoms with van der Waals surface area (Å²) in [6.45, 7) is 1.22. The van der Waals surface area contributed by atoms with Gasteiger partial charge in [0.25, 0.3) is 0 Å². The summed E-state index contributed by atoms with van der Waals surface area (Å²) in [7, 11) is 0. The molecule has 1 aliphatic rings. The maximum absolute atomic E-state index is 9.39. The van der Waals surface area contributed by atoms with E-state index in [1.165, 1.54) is 4.88 Å². The van der Waals surface area contributed by atoms with Crippen LogP contribution in [-0.2, 0) is 6.42 Å². The first-order chi connectivity index (χ1) is 6.74. The molecule has 1 fully saturated rings. The van der Waals surface area contributed by atoms with Gasteiger partial charge in [-0.15, -0.1) is 11.3 Å². The van der Waals surface area contributed by atoms with Crippen LogP contribution in [0.2, 0.25) is 4.34 Å². The van der Waals surface area contributed by atoms with E-state index in [1.807, 2.05) is 12.1 Å². The lowest BCUT2D eigenvalue weighted by molar-refractivity contribution is 0.178. The van der Waals surface area contributed by atoms with Crippen molar-refractivity contribution in [2.75, 3.05) is 13.2 Å². The van der Waals surface area contributed by atoms with E-state index in [0.29, 0.717) is 0 Å². The number of nitrogens with one attached hydrogen (secondary N) is 1. The molecule has 2 nitrogen and oxygen atoms in total. The number of hydrogen-bond acceptors (Lipinski definition) is 3. The topological polar surface area (TPSA) is 32.3 Å². The van der Waals surface area contributed by atoms with Gasteiger partial charge in [-0.2, -0.15) is 0 Å². The zero-order valence-corrected chi connectivity index (χ0v) is 9.50. The normalized spacial score (nSPS) is 27.0.